The van der Waals surface area contributed by atoms with E-state index in [1.54, 1.807) is 18.2 Å². The van der Waals surface area contributed by atoms with Crippen LogP contribution in [0.4, 0.5) is 0 Å². The minimum atomic E-state index is -3.05. The minimum Gasteiger partial charge on any atom is -0.429 e. The fraction of sp³-hybridized carbons (Fsp3) is 0.385. The molecule has 0 spiro atoms. The topological polar surface area (TPSA) is 92.2 Å². The van der Waals surface area contributed by atoms with Crippen molar-refractivity contribution in [2.24, 2.45) is 0 Å². The van der Waals surface area contributed by atoms with Gasteiger partial charge in [0.1, 0.15) is 0 Å². The van der Waals surface area contributed by atoms with Crippen LogP contribution in [0.2, 0.25) is 0 Å². The van der Waals surface area contributed by atoms with Crippen LogP contribution in [0.25, 0.3) is 11.1 Å². The van der Waals surface area contributed by atoms with E-state index >= 15 is 0 Å². The second kappa shape index (κ2) is 5.27. The number of oxazole rings is 1. The van der Waals surface area contributed by atoms with Crippen molar-refractivity contribution in [1.82, 2.24) is 10.3 Å². The number of aromatic nitrogens is 1. The van der Waals surface area contributed by atoms with Crippen LogP contribution in [0.1, 0.15) is 23.2 Å². The zero-order valence-corrected chi connectivity index (χ0v) is 12.7. The van der Waals surface area contributed by atoms with Gasteiger partial charge in [-0.15, -0.1) is 0 Å². The van der Waals surface area contributed by atoms with Gasteiger partial charge in [0, 0.05) is 12.1 Å². The lowest BCUT2D eigenvalue weighted by molar-refractivity contribution is 0.0953. The van der Waals surface area contributed by atoms with E-state index in [0.717, 1.165) is 5.52 Å². The highest BCUT2D eigenvalue weighted by atomic mass is 32.2. The number of benzene rings is 1. The molecule has 0 aliphatic carbocycles. The van der Waals surface area contributed by atoms with Gasteiger partial charge in [0.15, 0.2) is 15.4 Å². The molecule has 1 aromatic heterocycles. The van der Waals surface area contributed by atoms with Crippen molar-refractivity contribution in [3.8, 4) is 0 Å². The Balaban J connectivity index is 1.73. The number of nitrogens with one attached hydrogen (secondary N) is 2. The zero-order chi connectivity index (χ0) is 15.0. The summed E-state index contributed by atoms with van der Waals surface area (Å²) < 4.78 is 28.7. The van der Waals surface area contributed by atoms with Crippen LogP contribution in [-0.2, 0) is 9.84 Å². The second-order valence-corrected chi connectivity index (χ2v) is 7.84. The second-order valence-electron chi connectivity index (χ2n) is 5.07. The molecular formula is C13H14N2O4S2. The molecule has 0 radical (unpaired) electrons. The number of rotatable bonds is 3. The van der Waals surface area contributed by atoms with Gasteiger partial charge >= 0.3 is 0 Å². The molecule has 0 unspecified atom stereocenters. The Kier molecular flexibility index (Phi) is 3.58. The summed E-state index contributed by atoms with van der Waals surface area (Å²) in [4.78, 5) is 15.2. The molecule has 2 N–H and O–H groups in total. The molecule has 6 nitrogen and oxygen atoms in total. The van der Waals surface area contributed by atoms with E-state index in [0.29, 0.717) is 24.0 Å². The number of H-pyrrole nitrogens is 1. The molecule has 1 aliphatic heterocycles. The fourth-order valence-corrected chi connectivity index (χ4v) is 4.45. The van der Waals surface area contributed by atoms with Crippen molar-refractivity contribution in [3.63, 3.8) is 0 Å². The first-order valence-electron chi connectivity index (χ1n) is 6.58. The van der Waals surface area contributed by atoms with Crippen molar-refractivity contribution in [2.75, 3.05) is 12.3 Å². The van der Waals surface area contributed by atoms with Crippen molar-refractivity contribution >= 4 is 39.1 Å². The molecule has 1 aliphatic rings. The number of carbonyl (C=O) groups excluding carboxylic acids is 1. The first-order chi connectivity index (χ1) is 9.95. The summed E-state index contributed by atoms with van der Waals surface area (Å²) in [5.74, 6) is -0.107. The summed E-state index contributed by atoms with van der Waals surface area (Å²) in [6.07, 6.45) is 1.27. The number of sulfone groups is 1. The zero-order valence-electron chi connectivity index (χ0n) is 11.1. The standard InChI is InChI=1S/C13H14N2O4S2/c16-12(14-7-9-2-1-5-21(9,17)18)8-3-4-10-11(6-8)19-13(20)15-10/h3-4,6,9H,1-2,5,7H2,(H,14,16)(H,15,20)/t9-/m1/s1. The average molecular weight is 326 g/mol. The SMILES string of the molecule is O=C(NC[C@H]1CCCS1(=O)=O)c1ccc2[nH]c(=S)oc2c1. The third-order valence-electron chi connectivity index (χ3n) is 3.64. The smallest absolute Gasteiger partial charge is 0.266 e. The van der Waals surface area contributed by atoms with Gasteiger partial charge in [-0.2, -0.15) is 0 Å². The highest BCUT2D eigenvalue weighted by Gasteiger charge is 2.31. The van der Waals surface area contributed by atoms with Crippen LogP contribution < -0.4 is 5.32 Å². The van der Waals surface area contributed by atoms with E-state index in [1.165, 1.54) is 0 Å². The lowest BCUT2D eigenvalue weighted by atomic mass is 10.2. The van der Waals surface area contributed by atoms with Crippen molar-refractivity contribution in [3.05, 3.63) is 28.6 Å². The van der Waals surface area contributed by atoms with Gasteiger partial charge in [-0.25, -0.2) is 8.42 Å². The molecular weight excluding hydrogens is 312 g/mol. The molecule has 8 heteroatoms. The molecule has 1 fully saturated rings. The number of amides is 1. The molecule has 1 amide bonds. The van der Waals surface area contributed by atoms with Gasteiger partial charge in [-0.3, -0.25) is 4.79 Å². The fourth-order valence-electron chi connectivity index (χ4n) is 2.48. The first-order valence-corrected chi connectivity index (χ1v) is 8.71. The summed E-state index contributed by atoms with van der Waals surface area (Å²) in [6, 6.07) is 4.93. The van der Waals surface area contributed by atoms with Crippen LogP contribution >= 0.6 is 12.2 Å². The Morgan fingerprint density at radius 3 is 3.00 bits per heavy atom. The van der Waals surface area contributed by atoms with Crippen LogP contribution in [-0.4, -0.2) is 36.9 Å². The van der Waals surface area contributed by atoms with Gasteiger partial charge in [-0.1, -0.05) is 0 Å². The monoisotopic (exact) mass is 326 g/mol. The maximum Gasteiger partial charge on any atom is 0.266 e. The van der Waals surface area contributed by atoms with E-state index in [2.05, 4.69) is 10.3 Å². The molecule has 2 heterocycles. The number of carbonyl (C=O) groups is 1. The number of aromatic amines is 1. The highest BCUT2D eigenvalue weighted by Crippen LogP contribution is 2.19. The van der Waals surface area contributed by atoms with Gasteiger partial charge in [0.05, 0.1) is 16.5 Å². The number of hydrogen-bond donors (Lipinski definition) is 2. The molecule has 21 heavy (non-hydrogen) atoms. The van der Waals surface area contributed by atoms with Crippen LogP contribution in [0.5, 0.6) is 0 Å². The van der Waals surface area contributed by atoms with Crippen LogP contribution in [0.3, 0.4) is 0 Å². The summed E-state index contributed by atoms with van der Waals surface area (Å²) in [7, 11) is -3.05. The quantitative estimate of drug-likeness (QED) is 0.839. The Morgan fingerprint density at radius 2 is 2.29 bits per heavy atom. The number of hydrogen-bond acceptors (Lipinski definition) is 5. The van der Waals surface area contributed by atoms with Crippen LogP contribution in [0, 0.1) is 4.84 Å². The van der Waals surface area contributed by atoms with E-state index in [4.69, 9.17) is 16.6 Å². The summed E-state index contributed by atoms with van der Waals surface area (Å²) >= 11 is 4.88. The Morgan fingerprint density at radius 1 is 1.48 bits per heavy atom. The van der Waals surface area contributed by atoms with Crippen LogP contribution in [0.15, 0.2) is 22.6 Å². The lowest BCUT2D eigenvalue weighted by Crippen LogP contribution is -2.34. The Bertz CT molecular complexity index is 850. The average Bonchev–Trinajstić information content (AvgIpc) is 2.96. The summed E-state index contributed by atoms with van der Waals surface area (Å²) in [5, 5.41) is 2.20. The van der Waals surface area contributed by atoms with E-state index in [9.17, 15) is 13.2 Å². The third-order valence-corrected chi connectivity index (χ3v) is 6.10. The molecule has 1 atom stereocenters. The van der Waals surface area contributed by atoms with E-state index in [-0.39, 0.29) is 23.0 Å². The molecule has 2 aromatic rings. The molecule has 1 aromatic carbocycles. The highest BCUT2D eigenvalue weighted by molar-refractivity contribution is 7.92. The third kappa shape index (κ3) is 2.86. The normalized spacial score (nSPS) is 20.7. The Labute approximate surface area is 126 Å². The maximum atomic E-state index is 12.1. The number of fused-ring (bicyclic) bond motifs is 1. The summed E-state index contributed by atoms with van der Waals surface area (Å²) in [5.41, 5.74) is 1.63. The van der Waals surface area contributed by atoms with E-state index < -0.39 is 15.1 Å². The predicted molar refractivity (Wildman–Crippen MR) is 80.5 cm³/mol. The molecule has 112 valence electrons. The molecule has 3 rings (SSSR count). The largest absolute Gasteiger partial charge is 0.429 e. The maximum absolute atomic E-state index is 12.1. The molecule has 0 saturated carbocycles. The van der Waals surface area contributed by atoms with Gasteiger partial charge in [0.2, 0.25) is 0 Å². The predicted octanol–water partition coefficient (Wildman–Crippen LogP) is 1.80. The lowest BCUT2D eigenvalue weighted by Gasteiger charge is -2.10. The van der Waals surface area contributed by atoms with Gasteiger partial charge in [0.25, 0.3) is 10.7 Å². The van der Waals surface area contributed by atoms with Crippen molar-refractivity contribution in [1.29, 1.82) is 0 Å². The van der Waals surface area contributed by atoms with Crippen molar-refractivity contribution in [2.45, 2.75) is 18.1 Å². The van der Waals surface area contributed by atoms with E-state index in [1.807, 2.05) is 0 Å². The van der Waals surface area contributed by atoms with Crippen molar-refractivity contribution < 1.29 is 17.6 Å². The summed E-state index contributed by atoms with van der Waals surface area (Å²) in [6.45, 7) is 0.149. The molecule has 1 saturated heterocycles. The van der Waals surface area contributed by atoms with Gasteiger partial charge < -0.3 is 14.7 Å². The minimum absolute atomic E-state index is 0.149. The van der Waals surface area contributed by atoms with Gasteiger partial charge in [-0.05, 0) is 43.3 Å². The first kappa shape index (κ1) is 14.3. The molecule has 0 bridgehead atoms. The Hall–Kier alpha value is -1.67.